The van der Waals surface area contributed by atoms with Crippen LogP contribution in [0.25, 0.3) is 243 Å². The fourth-order valence-corrected chi connectivity index (χ4v) is 18.4. The van der Waals surface area contributed by atoms with Gasteiger partial charge in [0.15, 0.2) is 17.5 Å². The third-order valence-corrected chi connectivity index (χ3v) is 24.4. The van der Waals surface area contributed by atoms with Gasteiger partial charge in [-0.3, -0.25) is 19.2 Å². The summed E-state index contributed by atoms with van der Waals surface area (Å²) in [5, 5.41) is 8.96. The van der Waals surface area contributed by atoms with Gasteiger partial charge in [0.2, 0.25) is 10.9 Å². The van der Waals surface area contributed by atoms with Crippen molar-refractivity contribution in [2.24, 2.45) is 0 Å². The monoisotopic (exact) mass is 1670 g/mol. The third-order valence-electron chi connectivity index (χ3n) is 24.4. The molecule has 0 amide bonds. The van der Waals surface area contributed by atoms with Gasteiger partial charge in [-0.05, 0) is 144 Å². The molecule has 0 bridgehead atoms. The molecule has 4 N–H and O–H groups in total. The van der Waals surface area contributed by atoms with Gasteiger partial charge in [0.05, 0.1) is 44.5 Å². The molecule has 2 aliphatic carbocycles. The molecule has 130 heavy (non-hydrogen) atoms. The number of hydrogen-bond acceptors (Lipinski definition) is 16. The predicted molar refractivity (Wildman–Crippen MR) is 529 cm³/mol. The third kappa shape index (κ3) is 13.0. The summed E-state index contributed by atoms with van der Waals surface area (Å²) in [6.45, 7) is 0. The molecule has 0 saturated heterocycles. The number of hydrogen-bond donors (Lipinski definition) is 2. The molecule has 2 aliphatic rings. The Morgan fingerprint density at radius 3 is 0.738 bits per heavy atom. The van der Waals surface area contributed by atoms with E-state index in [-0.39, 0.29) is 38.8 Å². The van der Waals surface area contributed by atoms with Gasteiger partial charge in [0.25, 0.3) is 10.9 Å². The van der Waals surface area contributed by atoms with Crippen LogP contribution < -0.4 is 33.2 Å². The van der Waals surface area contributed by atoms with Crippen LogP contribution in [-0.2, 0) is 0 Å². The quantitative estimate of drug-likeness (QED) is 0.0590. The summed E-state index contributed by atoms with van der Waals surface area (Å²) < 4.78 is 0. The lowest BCUT2D eigenvalue weighted by Crippen LogP contribution is -2.33. The first-order valence-electron chi connectivity index (χ1n) is 42.6. The van der Waals surface area contributed by atoms with Crippen LogP contribution in [0.3, 0.4) is 0 Å². The zero-order valence-corrected chi connectivity index (χ0v) is 69.2. The normalized spacial score (nSPS) is 11.6. The highest BCUT2D eigenvalue weighted by molar-refractivity contribution is 6.41. The standard InChI is InChI=1S/C44H24N6.C32H16N2O4.C32H20N2.C6H8N2/c1-4-14-25(15-5-1)28-24-29(26-16-6-2-7-17-26)35-36-34(28)38-42(47-32-22-12-10-20-30(32)45-38)40-37(36)41(50-44(49-40)27-18-8-3-9-19-27)43-39(35)46-31-21-11-13-23-33(31)48-43;35-28-22-20(17-10-4-1-5-11-17)16-21(18-12-6-2-7-13-18)23-24(22)25-26(30(28)37)33-32(19-14-8-3-9-15-19)34-27(25)31(38)29(23)36;1-4-10-21(11-5-1)26-20-27(22-12-6-2-7-13-22)25-17-19-29-31-28(18-16-24(26)30(25)31)33-32(34-29)23-14-8-3-9-15-23;7-5-3-1-2-4-6(5)8/h1-24H;1-16H;1-20H;1-4H,7-8H2. The van der Waals surface area contributed by atoms with Crippen molar-refractivity contribution in [2.45, 2.75) is 0 Å². The van der Waals surface area contributed by atoms with Gasteiger partial charge >= 0.3 is 0 Å². The Labute approximate surface area is 740 Å². The molecule has 16 heteroatoms. The number of anilines is 2. The molecule has 0 saturated carbocycles. The summed E-state index contributed by atoms with van der Waals surface area (Å²) in [5.74, 6) is 1.48. The van der Waals surface area contributed by atoms with Crippen LogP contribution >= 0.6 is 0 Å². The second-order valence-corrected chi connectivity index (χ2v) is 32.0. The van der Waals surface area contributed by atoms with Crippen molar-refractivity contribution < 1.29 is 0 Å². The number of benzene rings is 21. The summed E-state index contributed by atoms with van der Waals surface area (Å²) in [6.07, 6.45) is 0. The van der Waals surface area contributed by atoms with Crippen LogP contribution in [0, 0.1) is 0 Å². The van der Waals surface area contributed by atoms with Gasteiger partial charge in [0, 0.05) is 70.9 Å². The van der Waals surface area contributed by atoms with Crippen LogP contribution in [0.15, 0.2) is 407 Å². The van der Waals surface area contributed by atoms with Crippen LogP contribution in [0.1, 0.15) is 0 Å². The first kappa shape index (κ1) is 76.8. The summed E-state index contributed by atoms with van der Waals surface area (Å²) in [6, 6.07) is 128. The first-order valence-corrected chi connectivity index (χ1v) is 42.6. The maximum absolute atomic E-state index is 13.7. The highest BCUT2D eigenvalue weighted by Gasteiger charge is 2.34. The molecule has 0 unspecified atom stereocenters. The van der Waals surface area contributed by atoms with E-state index in [0.29, 0.717) is 45.0 Å². The SMILES string of the molecule is Nc1ccccc1N.O=c1c(=O)c2c(-c3ccccc3)cc(-c3ccccc3)c3c2-c2c1nc(-c1ccccc1)nc2c(=O)c3=O.c1ccc(-c2nc3c4nc5ccccc5nc4c4c(-c5ccccc5)cc(-c5ccccc5)c5c6nc7ccccc7nc6c(n2)c3c45)cc1.c1ccc(-c2nc3ccc4c(-c5ccccc5)cc(-c5ccccc5)c5ccc(n2)c3c45)cc1. The van der Waals surface area contributed by atoms with E-state index in [9.17, 15) is 19.2 Å². The van der Waals surface area contributed by atoms with E-state index < -0.39 is 21.7 Å². The molecular formula is C114H68N12O4. The Morgan fingerprint density at radius 2 is 0.415 bits per heavy atom. The van der Waals surface area contributed by atoms with Crippen molar-refractivity contribution in [2.75, 3.05) is 11.5 Å². The van der Waals surface area contributed by atoms with Crippen molar-refractivity contribution in [3.05, 3.63) is 429 Å². The van der Waals surface area contributed by atoms with Gasteiger partial charge in [0.1, 0.15) is 44.1 Å². The molecule has 5 aromatic heterocycles. The summed E-state index contributed by atoms with van der Waals surface area (Å²) in [4.78, 5) is 106. The smallest absolute Gasteiger partial charge is 0.252 e. The number of para-hydroxylation sites is 6. The second kappa shape index (κ2) is 31.6. The first-order chi connectivity index (χ1) is 64.0. The fraction of sp³-hybridized carbons (Fsp3) is 0. The van der Waals surface area contributed by atoms with E-state index in [1.807, 2.05) is 176 Å². The number of fused-ring (bicyclic) bond motifs is 8. The van der Waals surface area contributed by atoms with E-state index in [2.05, 4.69) is 180 Å². The molecule has 0 atom stereocenters. The Kier molecular flexibility index (Phi) is 18.7. The highest BCUT2D eigenvalue weighted by Crippen LogP contribution is 2.52. The fourth-order valence-electron chi connectivity index (χ4n) is 18.4. The van der Waals surface area contributed by atoms with E-state index in [0.717, 1.165) is 132 Å². The predicted octanol–water partition coefficient (Wildman–Crippen LogP) is 24.4. The minimum absolute atomic E-state index is 0.0987. The largest absolute Gasteiger partial charge is 0.397 e. The molecule has 0 aliphatic heterocycles. The van der Waals surface area contributed by atoms with Crippen molar-refractivity contribution >= 4 is 142 Å². The van der Waals surface area contributed by atoms with Crippen molar-refractivity contribution in [3.8, 4) is 112 Å². The zero-order valence-electron chi connectivity index (χ0n) is 69.2. The summed E-state index contributed by atoms with van der Waals surface area (Å²) in [7, 11) is 0. The maximum atomic E-state index is 13.7. The molecule has 26 rings (SSSR count). The van der Waals surface area contributed by atoms with Gasteiger partial charge in [-0.15, -0.1) is 0 Å². The Hall–Kier alpha value is -18.0. The Balaban J connectivity index is 0.000000108. The van der Waals surface area contributed by atoms with Gasteiger partial charge in [-0.25, -0.2) is 49.8 Å². The van der Waals surface area contributed by atoms with Crippen molar-refractivity contribution in [1.29, 1.82) is 0 Å². The van der Waals surface area contributed by atoms with Crippen LogP contribution in [0.2, 0.25) is 0 Å². The van der Waals surface area contributed by atoms with Crippen molar-refractivity contribution in [3.63, 3.8) is 0 Å². The lowest BCUT2D eigenvalue weighted by atomic mass is 9.82. The molecule has 5 heterocycles. The topological polar surface area (TPSA) is 249 Å². The number of nitrogens with two attached hydrogens (primary N) is 2. The second-order valence-electron chi connectivity index (χ2n) is 32.0. The van der Waals surface area contributed by atoms with Gasteiger partial charge in [-0.2, -0.15) is 0 Å². The Bertz CT molecular complexity index is 8690. The molecule has 19 aromatic carbocycles. The van der Waals surface area contributed by atoms with Crippen LogP contribution in [-0.4, -0.2) is 49.8 Å². The molecule has 16 nitrogen and oxygen atoms in total. The maximum Gasteiger partial charge on any atom is 0.252 e. The average molecular weight is 1670 g/mol. The van der Waals surface area contributed by atoms with Crippen LogP contribution in [0.5, 0.6) is 0 Å². The molecule has 24 aromatic rings. The molecule has 608 valence electrons. The molecule has 0 radical (unpaired) electrons. The minimum Gasteiger partial charge on any atom is -0.397 e. The molecule has 0 spiro atoms. The lowest BCUT2D eigenvalue weighted by Gasteiger charge is -2.21. The Morgan fingerprint density at radius 1 is 0.162 bits per heavy atom. The number of nitrogens with zero attached hydrogens (tertiary/aromatic N) is 10. The molecular weight excluding hydrogens is 1600 g/mol. The van der Waals surface area contributed by atoms with E-state index >= 15 is 0 Å². The summed E-state index contributed by atoms with van der Waals surface area (Å²) >= 11 is 0. The van der Waals surface area contributed by atoms with E-state index in [1.165, 1.54) is 38.4 Å². The van der Waals surface area contributed by atoms with E-state index in [1.54, 1.807) is 42.5 Å². The lowest BCUT2D eigenvalue weighted by molar-refractivity contribution is 1.23. The van der Waals surface area contributed by atoms with Crippen molar-refractivity contribution in [1.82, 2.24) is 49.8 Å². The average Bonchev–Trinajstić information content (AvgIpc) is 0.665. The molecule has 0 fully saturated rings. The minimum atomic E-state index is -0.828. The van der Waals surface area contributed by atoms with E-state index in [4.69, 9.17) is 51.3 Å². The zero-order chi connectivity index (χ0) is 87.2. The number of nitrogen functional groups attached to an aromatic ring is 2. The number of aromatic nitrogens is 10. The van der Waals surface area contributed by atoms with Gasteiger partial charge < -0.3 is 11.5 Å². The van der Waals surface area contributed by atoms with Gasteiger partial charge in [-0.1, -0.05) is 322 Å². The number of rotatable bonds is 9. The highest BCUT2D eigenvalue weighted by atomic mass is 16.2. The van der Waals surface area contributed by atoms with Crippen LogP contribution in [0.4, 0.5) is 11.4 Å². The summed E-state index contributed by atoms with van der Waals surface area (Å²) in [5.41, 5.74) is 32.9.